The van der Waals surface area contributed by atoms with Gasteiger partial charge in [0, 0.05) is 25.8 Å². The Morgan fingerprint density at radius 3 is 2.49 bits per heavy atom. The maximum Gasteiger partial charge on any atom is 0.349 e. The van der Waals surface area contributed by atoms with Crippen LogP contribution in [0.2, 0.25) is 10.0 Å². The molecule has 178 valence electrons. The Bertz CT molecular complexity index is 1650. The summed E-state index contributed by atoms with van der Waals surface area (Å²) < 4.78 is 9.46. The number of benzene rings is 1. The lowest BCUT2D eigenvalue weighted by Gasteiger charge is -2.23. The van der Waals surface area contributed by atoms with Gasteiger partial charge >= 0.3 is 5.69 Å². The fourth-order valence-electron chi connectivity index (χ4n) is 4.15. The van der Waals surface area contributed by atoms with Crippen molar-refractivity contribution >= 4 is 34.2 Å². The molecule has 35 heavy (non-hydrogen) atoms. The first-order chi connectivity index (χ1) is 16.9. The SMILES string of the molecule is N#Cc1nn(-c2cc(Cl)c(-n3ncc4c3ccc(=O)n4CC3CCOCC3)c(Cl)c2)c(=O)[nH]c1=O. The normalized spacial score (nSPS) is 14.3. The number of ether oxygens (including phenoxy) is 1. The van der Waals surface area contributed by atoms with Gasteiger partial charge in [-0.25, -0.2) is 9.48 Å². The highest BCUT2D eigenvalue weighted by molar-refractivity contribution is 6.38. The summed E-state index contributed by atoms with van der Waals surface area (Å²) in [4.78, 5) is 38.6. The zero-order valence-electron chi connectivity index (χ0n) is 18.1. The number of pyridine rings is 1. The van der Waals surface area contributed by atoms with E-state index in [4.69, 9.17) is 33.2 Å². The van der Waals surface area contributed by atoms with Crippen LogP contribution in [0.3, 0.4) is 0 Å². The van der Waals surface area contributed by atoms with Crippen LogP contribution in [0.15, 0.2) is 44.8 Å². The van der Waals surface area contributed by atoms with Crippen molar-refractivity contribution in [2.24, 2.45) is 5.92 Å². The number of fused-ring (bicyclic) bond motifs is 1. The fourth-order valence-corrected chi connectivity index (χ4v) is 4.79. The third-order valence-electron chi connectivity index (χ3n) is 5.90. The second kappa shape index (κ2) is 9.14. The van der Waals surface area contributed by atoms with Gasteiger partial charge in [0.2, 0.25) is 5.69 Å². The van der Waals surface area contributed by atoms with E-state index in [1.54, 1.807) is 22.9 Å². The minimum absolute atomic E-state index is 0.132. The molecule has 11 nitrogen and oxygen atoms in total. The number of aromatic amines is 1. The third-order valence-corrected chi connectivity index (χ3v) is 6.48. The number of aromatic nitrogens is 6. The van der Waals surface area contributed by atoms with Gasteiger partial charge in [0.15, 0.2) is 0 Å². The number of hydrogen-bond donors (Lipinski definition) is 1. The lowest BCUT2D eigenvalue weighted by molar-refractivity contribution is 0.0613. The molecule has 1 N–H and O–H groups in total. The largest absolute Gasteiger partial charge is 0.381 e. The number of nitrogens with one attached hydrogen (secondary N) is 1. The van der Waals surface area contributed by atoms with Crippen LogP contribution in [0, 0.1) is 17.2 Å². The van der Waals surface area contributed by atoms with E-state index in [0.29, 0.717) is 42.4 Å². The molecule has 0 aliphatic carbocycles. The molecule has 0 amide bonds. The van der Waals surface area contributed by atoms with Crippen LogP contribution in [-0.2, 0) is 11.3 Å². The molecule has 0 saturated carbocycles. The quantitative estimate of drug-likeness (QED) is 0.439. The molecule has 3 aromatic heterocycles. The molecule has 0 radical (unpaired) electrons. The number of halogens is 2. The minimum Gasteiger partial charge on any atom is -0.381 e. The first-order valence-corrected chi connectivity index (χ1v) is 11.4. The van der Waals surface area contributed by atoms with E-state index in [9.17, 15) is 14.4 Å². The van der Waals surface area contributed by atoms with Crippen LogP contribution in [0.25, 0.3) is 22.4 Å². The fraction of sp³-hybridized carbons (Fsp3) is 0.273. The molecule has 0 unspecified atom stereocenters. The van der Waals surface area contributed by atoms with Crippen molar-refractivity contribution in [1.82, 2.24) is 29.1 Å². The average Bonchev–Trinajstić information content (AvgIpc) is 3.25. The molecular formula is C22H17Cl2N7O4. The Morgan fingerprint density at radius 2 is 1.80 bits per heavy atom. The summed E-state index contributed by atoms with van der Waals surface area (Å²) >= 11 is 13.1. The van der Waals surface area contributed by atoms with Crippen molar-refractivity contribution in [1.29, 1.82) is 5.26 Å². The van der Waals surface area contributed by atoms with Crippen molar-refractivity contribution in [3.05, 3.63) is 77.4 Å². The lowest BCUT2D eigenvalue weighted by Crippen LogP contribution is -2.33. The van der Waals surface area contributed by atoms with Gasteiger partial charge < -0.3 is 9.30 Å². The molecule has 4 heterocycles. The topological polar surface area (TPSA) is 141 Å². The second-order valence-electron chi connectivity index (χ2n) is 8.05. The molecule has 1 aromatic carbocycles. The zero-order valence-corrected chi connectivity index (χ0v) is 19.6. The highest BCUT2D eigenvalue weighted by Gasteiger charge is 2.20. The summed E-state index contributed by atoms with van der Waals surface area (Å²) in [5, 5.41) is 17.5. The van der Waals surface area contributed by atoms with Gasteiger partial charge in [-0.3, -0.25) is 14.6 Å². The Labute approximate surface area is 206 Å². The summed E-state index contributed by atoms with van der Waals surface area (Å²) in [6.07, 6.45) is 3.34. The van der Waals surface area contributed by atoms with E-state index in [-0.39, 0.29) is 21.3 Å². The van der Waals surface area contributed by atoms with E-state index in [1.807, 2.05) is 4.98 Å². The Kier molecular flexibility index (Phi) is 6.02. The molecular weight excluding hydrogens is 497 g/mol. The minimum atomic E-state index is -0.891. The van der Waals surface area contributed by atoms with Gasteiger partial charge in [-0.05, 0) is 37.0 Å². The predicted molar refractivity (Wildman–Crippen MR) is 128 cm³/mol. The van der Waals surface area contributed by atoms with Crippen LogP contribution in [0.5, 0.6) is 0 Å². The van der Waals surface area contributed by atoms with Crippen molar-refractivity contribution in [3.8, 4) is 17.4 Å². The average molecular weight is 514 g/mol. The number of nitrogens with zero attached hydrogens (tertiary/aromatic N) is 6. The lowest BCUT2D eigenvalue weighted by atomic mass is 10.0. The Balaban J connectivity index is 1.60. The molecule has 0 bridgehead atoms. The number of H-pyrrole nitrogens is 1. The summed E-state index contributed by atoms with van der Waals surface area (Å²) in [5.41, 5.74) is -0.616. The molecule has 0 atom stereocenters. The van der Waals surface area contributed by atoms with Gasteiger partial charge in [-0.15, -0.1) is 5.10 Å². The van der Waals surface area contributed by atoms with Gasteiger partial charge in [0.25, 0.3) is 11.1 Å². The van der Waals surface area contributed by atoms with Crippen molar-refractivity contribution in [2.45, 2.75) is 19.4 Å². The van der Waals surface area contributed by atoms with Crippen LogP contribution in [-0.4, -0.2) is 42.3 Å². The highest BCUT2D eigenvalue weighted by atomic mass is 35.5. The van der Waals surface area contributed by atoms with Gasteiger partial charge in [-0.2, -0.15) is 15.0 Å². The smallest absolute Gasteiger partial charge is 0.349 e. The van der Waals surface area contributed by atoms with E-state index < -0.39 is 16.9 Å². The molecule has 1 aliphatic rings. The Hall–Kier alpha value is -3.72. The van der Waals surface area contributed by atoms with Crippen molar-refractivity contribution in [3.63, 3.8) is 0 Å². The number of nitriles is 1. The Morgan fingerprint density at radius 1 is 1.09 bits per heavy atom. The highest BCUT2D eigenvalue weighted by Crippen LogP contribution is 2.33. The van der Waals surface area contributed by atoms with Crippen molar-refractivity contribution in [2.75, 3.05) is 13.2 Å². The molecule has 13 heteroatoms. The predicted octanol–water partition coefficient (Wildman–Crippen LogP) is 2.03. The van der Waals surface area contributed by atoms with Crippen molar-refractivity contribution < 1.29 is 4.74 Å². The van der Waals surface area contributed by atoms with Gasteiger partial charge in [0.05, 0.1) is 33.0 Å². The maximum absolute atomic E-state index is 12.7. The standard InChI is InChI=1S/C22H17Cl2N7O4/c23-14-7-13(30-22(34)27-21(33)16(9-25)28-30)8-15(24)20(14)31-17-1-2-19(32)29(18(17)10-26-31)11-12-3-5-35-6-4-12/h1-2,7-8,10,12H,3-6,11H2,(H,27,33,34). The summed E-state index contributed by atoms with van der Waals surface area (Å²) in [7, 11) is 0. The molecule has 4 aromatic rings. The number of hydrogen-bond acceptors (Lipinski definition) is 7. The first-order valence-electron chi connectivity index (χ1n) is 10.7. The van der Waals surface area contributed by atoms with E-state index in [2.05, 4.69) is 10.2 Å². The summed E-state index contributed by atoms with van der Waals surface area (Å²) in [6.45, 7) is 1.90. The molecule has 1 fully saturated rings. The first kappa shape index (κ1) is 23.0. The second-order valence-corrected chi connectivity index (χ2v) is 8.87. The molecule has 5 rings (SSSR count). The third kappa shape index (κ3) is 4.16. The zero-order chi connectivity index (χ0) is 24.7. The number of rotatable bonds is 4. The monoisotopic (exact) mass is 513 g/mol. The molecule has 0 spiro atoms. The van der Waals surface area contributed by atoms with Gasteiger partial charge in [0.1, 0.15) is 11.8 Å². The maximum atomic E-state index is 12.7. The molecule has 1 saturated heterocycles. The van der Waals surface area contributed by atoms with Crippen LogP contribution >= 0.6 is 23.2 Å². The van der Waals surface area contributed by atoms with E-state index >= 15 is 0 Å². The van der Waals surface area contributed by atoms with Crippen LogP contribution in [0.4, 0.5) is 0 Å². The van der Waals surface area contributed by atoms with E-state index in [0.717, 1.165) is 17.5 Å². The molecule has 1 aliphatic heterocycles. The van der Waals surface area contributed by atoms with Gasteiger partial charge in [-0.1, -0.05) is 23.2 Å². The summed E-state index contributed by atoms with van der Waals surface area (Å²) in [6, 6.07) is 7.59. The van der Waals surface area contributed by atoms with Crippen LogP contribution < -0.4 is 16.8 Å². The van der Waals surface area contributed by atoms with E-state index in [1.165, 1.54) is 22.9 Å². The van der Waals surface area contributed by atoms with Crippen LogP contribution in [0.1, 0.15) is 18.5 Å². The summed E-state index contributed by atoms with van der Waals surface area (Å²) in [5.74, 6) is 0.322.